The summed E-state index contributed by atoms with van der Waals surface area (Å²) in [5, 5.41) is 13.9. The Hall–Kier alpha value is -1.30. The molecule has 0 saturated carbocycles. The number of unbranched alkanes of at least 4 members (excludes halogenated alkanes) is 1. The summed E-state index contributed by atoms with van der Waals surface area (Å²) in [6, 6.07) is -0.672. The molecule has 1 saturated heterocycles. The maximum atomic E-state index is 11.6. The maximum absolute atomic E-state index is 11.6. The van der Waals surface area contributed by atoms with Crippen LogP contribution in [0.2, 0.25) is 0 Å². The Morgan fingerprint density at radius 2 is 2.25 bits per heavy atom. The van der Waals surface area contributed by atoms with Crippen LogP contribution in [0.15, 0.2) is 0 Å². The summed E-state index contributed by atoms with van der Waals surface area (Å²) >= 11 is 0. The number of aliphatic hydroxyl groups excluding tert-OH is 1. The van der Waals surface area contributed by atoms with E-state index < -0.39 is 0 Å². The molecule has 0 unspecified atom stereocenters. The van der Waals surface area contributed by atoms with Crippen molar-refractivity contribution in [2.75, 3.05) is 26.2 Å². The van der Waals surface area contributed by atoms with Crippen LogP contribution >= 0.6 is 0 Å². The molecule has 1 heterocycles. The molecule has 92 valence electrons. The predicted molar refractivity (Wildman–Crippen MR) is 59.1 cm³/mol. The van der Waals surface area contributed by atoms with E-state index in [4.69, 9.17) is 5.11 Å². The van der Waals surface area contributed by atoms with Crippen LogP contribution in [0.5, 0.6) is 0 Å². The van der Waals surface area contributed by atoms with Gasteiger partial charge in [-0.3, -0.25) is 0 Å². The summed E-state index contributed by atoms with van der Waals surface area (Å²) in [6.07, 6.45) is 3.12. The number of hydrogen-bond donors (Lipinski definition) is 3. The summed E-state index contributed by atoms with van der Waals surface area (Å²) in [5.74, 6) is 0. The Bertz CT molecular complexity index is 245. The molecule has 0 bridgehead atoms. The SMILES string of the molecule is O=C(NCCCCO)N1CCCCNC1=O. The van der Waals surface area contributed by atoms with Gasteiger partial charge in [-0.05, 0) is 25.7 Å². The van der Waals surface area contributed by atoms with Crippen LogP contribution in [0.3, 0.4) is 0 Å². The lowest BCUT2D eigenvalue weighted by atomic mass is 10.3. The van der Waals surface area contributed by atoms with Gasteiger partial charge in [0.25, 0.3) is 0 Å². The van der Waals surface area contributed by atoms with Crippen molar-refractivity contribution in [1.29, 1.82) is 0 Å². The predicted octanol–water partition coefficient (Wildman–Crippen LogP) is 0.274. The highest BCUT2D eigenvalue weighted by molar-refractivity contribution is 5.93. The van der Waals surface area contributed by atoms with Crippen LogP contribution in [-0.2, 0) is 0 Å². The third-order valence-electron chi connectivity index (χ3n) is 2.44. The van der Waals surface area contributed by atoms with Gasteiger partial charge in [-0.25, -0.2) is 14.5 Å². The lowest BCUT2D eigenvalue weighted by Crippen LogP contribution is -2.47. The molecule has 1 aliphatic heterocycles. The molecule has 0 aromatic carbocycles. The van der Waals surface area contributed by atoms with Gasteiger partial charge in [-0.15, -0.1) is 0 Å². The zero-order chi connectivity index (χ0) is 11.8. The highest BCUT2D eigenvalue weighted by Gasteiger charge is 2.22. The maximum Gasteiger partial charge on any atom is 0.325 e. The fourth-order valence-electron chi connectivity index (χ4n) is 1.51. The molecule has 4 amide bonds. The topological polar surface area (TPSA) is 81.7 Å². The standard InChI is InChI=1S/C10H19N3O3/c14-8-4-2-6-12-10(16)13-7-3-1-5-11-9(13)15/h14H,1-8H2,(H,11,15)(H,12,16). The molecule has 1 rings (SSSR count). The van der Waals surface area contributed by atoms with Crippen LogP contribution in [0.4, 0.5) is 9.59 Å². The van der Waals surface area contributed by atoms with Gasteiger partial charge in [-0.1, -0.05) is 0 Å². The van der Waals surface area contributed by atoms with Gasteiger partial charge in [-0.2, -0.15) is 0 Å². The minimum absolute atomic E-state index is 0.125. The van der Waals surface area contributed by atoms with Gasteiger partial charge in [0.15, 0.2) is 0 Å². The van der Waals surface area contributed by atoms with Gasteiger partial charge in [0.2, 0.25) is 0 Å². The number of urea groups is 2. The number of rotatable bonds is 4. The largest absolute Gasteiger partial charge is 0.396 e. The second-order valence-electron chi connectivity index (χ2n) is 3.75. The second kappa shape index (κ2) is 7.05. The molecule has 6 heteroatoms. The molecular weight excluding hydrogens is 210 g/mol. The molecule has 1 aliphatic rings. The lowest BCUT2D eigenvalue weighted by Gasteiger charge is -2.18. The van der Waals surface area contributed by atoms with E-state index in [1.165, 1.54) is 4.90 Å². The van der Waals surface area contributed by atoms with E-state index in [-0.39, 0.29) is 18.7 Å². The minimum atomic E-state index is -0.350. The Balaban J connectivity index is 2.30. The molecule has 0 aromatic heterocycles. The van der Waals surface area contributed by atoms with Crippen molar-refractivity contribution in [3.8, 4) is 0 Å². The van der Waals surface area contributed by atoms with Gasteiger partial charge in [0, 0.05) is 26.2 Å². The first-order valence-corrected chi connectivity index (χ1v) is 5.70. The van der Waals surface area contributed by atoms with Crippen molar-refractivity contribution < 1.29 is 14.7 Å². The number of nitrogens with one attached hydrogen (secondary N) is 2. The van der Waals surface area contributed by atoms with Crippen LogP contribution in [0, 0.1) is 0 Å². The lowest BCUT2D eigenvalue weighted by molar-refractivity contribution is 0.188. The third-order valence-corrected chi connectivity index (χ3v) is 2.44. The quantitative estimate of drug-likeness (QED) is 0.605. The van der Waals surface area contributed by atoms with E-state index in [2.05, 4.69) is 10.6 Å². The minimum Gasteiger partial charge on any atom is -0.396 e. The normalized spacial score (nSPS) is 16.6. The summed E-state index contributed by atoms with van der Waals surface area (Å²) in [7, 11) is 0. The van der Waals surface area contributed by atoms with E-state index in [1.807, 2.05) is 0 Å². The molecule has 6 nitrogen and oxygen atoms in total. The highest BCUT2D eigenvalue weighted by Crippen LogP contribution is 2.01. The van der Waals surface area contributed by atoms with Crippen molar-refractivity contribution in [1.82, 2.24) is 15.5 Å². The summed E-state index contributed by atoms with van der Waals surface area (Å²) in [4.78, 5) is 24.3. The zero-order valence-electron chi connectivity index (χ0n) is 9.37. The van der Waals surface area contributed by atoms with Crippen LogP contribution < -0.4 is 10.6 Å². The summed E-state index contributed by atoms with van der Waals surface area (Å²) in [6.45, 7) is 1.72. The zero-order valence-corrected chi connectivity index (χ0v) is 9.37. The molecule has 3 N–H and O–H groups in total. The van der Waals surface area contributed by atoms with E-state index in [0.29, 0.717) is 26.1 Å². The Morgan fingerprint density at radius 1 is 1.44 bits per heavy atom. The van der Waals surface area contributed by atoms with Crippen molar-refractivity contribution in [2.24, 2.45) is 0 Å². The van der Waals surface area contributed by atoms with Gasteiger partial charge < -0.3 is 15.7 Å². The second-order valence-corrected chi connectivity index (χ2v) is 3.75. The summed E-state index contributed by atoms with van der Waals surface area (Å²) < 4.78 is 0. The van der Waals surface area contributed by atoms with Crippen molar-refractivity contribution in [3.63, 3.8) is 0 Å². The molecule has 1 fully saturated rings. The number of imide groups is 1. The Kier molecular flexibility index (Phi) is 5.63. The van der Waals surface area contributed by atoms with Crippen LogP contribution in [0.25, 0.3) is 0 Å². The van der Waals surface area contributed by atoms with Gasteiger partial charge in [0.05, 0.1) is 0 Å². The fraction of sp³-hybridized carbons (Fsp3) is 0.800. The van der Waals surface area contributed by atoms with Gasteiger partial charge >= 0.3 is 12.1 Å². The molecule has 16 heavy (non-hydrogen) atoms. The molecule has 0 atom stereocenters. The molecule has 0 radical (unpaired) electrons. The number of nitrogens with zero attached hydrogens (tertiary/aromatic N) is 1. The fourth-order valence-corrected chi connectivity index (χ4v) is 1.51. The van der Waals surface area contributed by atoms with E-state index in [1.54, 1.807) is 0 Å². The number of amides is 4. The van der Waals surface area contributed by atoms with E-state index >= 15 is 0 Å². The Morgan fingerprint density at radius 3 is 3.00 bits per heavy atom. The number of aliphatic hydroxyl groups is 1. The van der Waals surface area contributed by atoms with Crippen molar-refractivity contribution in [3.05, 3.63) is 0 Å². The van der Waals surface area contributed by atoms with Crippen LogP contribution in [-0.4, -0.2) is 48.3 Å². The molecule has 0 aromatic rings. The Labute approximate surface area is 95.0 Å². The first-order chi connectivity index (χ1) is 7.75. The van der Waals surface area contributed by atoms with Crippen molar-refractivity contribution >= 4 is 12.1 Å². The summed E-state index contributed by atoms with van der Waals surface area (Å²) in [5.41, 5.74) is 0. The number of hydrogen-bond acceptors (Lipinski definition) is 3. The smallest absolute Gasteiger partial charge is 0.325 e. The third kappa shape index (κ3) is 4.06. The average molecular weight is 229 g/mol. The van der Waals surface area contributed by atoms with E-state index in [9.17, 15) is 9.59 Å². The van der Waals surface area contributed by atoms with Gasteiger partial charge in [0.1, 0.15) is 0 Å². The van der Waals surface area contributed by atoms with Crippen LogP contribution in [0.1, 0.15) is 25.7 Å². The number of carbonyl (C=O) groups excluding carboxylic acids is 2. The van der Waals surface area contributed by atoms with E-state index in [0.717, 1.165) is 19.3 Å². The molecular formula is C10H19N3O3. The highest BCUT2D eigenvalue weighted by atomic mass is 16.3. The first kappa shape index (κ1) is 12.8. The number of carbonyl (C=O) groups is 2. The van der Waals surface area contributed by atoms with Crippen molar-refractivity contribution in [2.45, 2.75) is 25.7 Å². The monoisotopic (exact) mass is 229 g/mol. The first-order valence-electron chi connectivity index (χ1n) is 5.70. The molecule has 0 spiro atoms. The average Bonchev–Trinajstić information content (AvgIpc) is 2.49. The molecule has 0 aliphatic carbocycles.